The SMILES string of the molecule is Br.CCC(CC(=O)[O-])C(C)C.C[N+]1(Cc2ccccc2)C2CCCC1CC2. The number of hydrogen-bond donors (Lipinski definition) is 0. The quantitative estimate of drug-likeness (QED) is 0.600. The molecule has 0 amide bonds. The normalized spacial score (nSPS) is 27.3. The molecular weight excluding hydrogens is 402 g/mol. The van der Waals surface area contributed by atoms with Crippen molar-refractivity contribution in [2.45, 2.75) is 84.3 Å². The molecule has 1 aromatic carbocycles. The van der Waals surface area contributed by atoms with Gasteiger partial charge >= 0.3 is 0 Å². The van der Waals surface area contributed by atoms with Gasteiger partial charge in [-0.1, -0.05) is 57.5 Å². The Bertz CT molecular complexity index is 545. The van der Waals surface area contributed by atoms with Crippen LogP contribution in [0.1, 0.15) is 71.3 Å². The van der Waals surface area contributed by atoms with Crippen molar-refractivity contribution in [3.8, 4) is 0 Å². The fourth-order valence-corrected chi connectivity index (χ4v) is 5.04. The van der Waals surface area contributed by atoms with Crippen molar-refractivity contribution >= 4 is 23.0 Å². The fourth-order valence-electron chi connectivity index (χ4n) is 5.04. The zero-order chi connectivity index (χ0) is 19.2. The third-order valence-electron chi connectivity index (χ3n) is 6.84. The van der Waals surface area contributed by atoms with Gasteiger partial charge in [0.05, 0.1) is 19.1 Å². The number of carboxylic acid groups (broad SMARTS) is 1. The lowest BCUT2D eigenvalue weighted by atomic mass is 9.90. The van der Waals surface area contributed by atoms with Gasteiger partial charge in [-0.25, -0.2) is 0 Å². The maximum atomic E-state index is 10.2. The molecule has 2 bridgehead atoms. The van der Waals surface area contributed by atoms with Gasteiger partial charge in [-0.3, -0.25) is 0 Å². The monoisotopic (exact) mass is 439 g/mol. The first-order valence-electron chi connectivity index (χ1n) is 10.5. The third-order valence-corrected chi connectivity index (χ3v) is 6.84. The molecule has 2 aliphatic rings. The summed E-state index contributed by atoms with van der Waals surface area (Å²) in [5.41, 5.74) is 1.52. The number of rotatable bonds is 6. The largest absolute Gasteiger partial charge is 0.550 e. The van der Waals surface area contributed by atoms with E-state index in [-0.39, 0.29) is 29.3 Å². The molecule has 3 atom stereocenters. The molecule has 0 aromatic heterocycles. The zero-order valence-corrected chi connectivity index (χ0v) is 19.2. The summed E-state index contributed by atoms with van der Waals surface area (Å²) in [5.74, 6) is -0.201. The third kappa shape index (κ3) is 6.60. The highest BCUT2D eigenvalue weighted by Crippen LogP contribution is 2.42. The van der Waals surface area contributed by atoms with Gasteiger partial charge in [-0.05, 0) is 37.5 Å². The van der Waals surface area contributed by atoms with E-state index in [0.29, 0.717) is 5.92 Å². The van der Waals surface area contributed by atoms with Crippen LogP contribution < -0.4 is 5.11 Å². The van der Waals surface area contributed by atoms with E-state index in [1.807, 2.05) is 20.8 Å². The Kier molecular flexibility index (Phi) is 10.0. The summed E-state index contributed by atoms with van der Waals surface area (Å²) in [6.07, 6.45) is 8.44. The smallest absolute Gasteiger partial charge is 0.105 e. The molecule has 3 rings (SSSR count). The standard InChI is InChI=1S/C15H22N.C8H16O2.BrH/c1-16(12-13-6-3-2-4-7-13)14-8-5-9-15(16)11-10-14;1-4-7(6(2)3)5-8(9)10;/h2-4,6-7,14-15H,5,8-12H2,1H3;6-7H,4-5H2,1-3H3,(H,9,10);1H/q+1;;/p-1. The van der Waals surface area contributed by atoms with Crippen LogP contribution in [0.5, 0.6) is 0 Å². The zero-order valence-electron chi connectivity index (χ0n) is 17.5. The van der Waals surface area contributed by atoms with Gasteiger partial charge < -0.3 is 14.4 Å². The van der Waals surface area contributed by atoms with Gasteiger partial charge in [0.15, 0.2) is 0 Å². The predicted molar refractivity (Wildman–Crippen MR) is 116 cm³/mol. The number of carboxylic acids is 1. The van der Waals surface area contributed by atoms with E-state index in [0.717, 1.165) is 18.5 Å². The molecule has 2 heterocycles. The average Bonchev–Trinajstić information content (AvgIpc) is 2.79. The van der Waals surface area contributed by atoms with E-state index in [9.17, 15) is 9.90 Å². The highest BCUT2D eigenvalue weighted by Gasteiger charge is 2.48. The highest BCUT2D eigenvalue weighted by molar-refractivity contribution is 8.93. The average molecular weight is 440 g/mol. The molecule has 154 valence electrons. The van der Waals surface area contributed by atoms with E-state index in [4.69, 9.17) is 0 Å². The van der Waals surface area contributed by atoms with Crippen molar-refractivity contribution < 1.29 is 14.4 Å². The number of carbonyl (C=O) groups is 1. The number of hydrogen-bond acceptors (Lipinski definition) is 2. The first-order valence-corrected chi connectivity index (χ1v) is 10.5. The molecule has 0 spiro atoms. The van der Waals surface area contributed by atoms with E-state index >= 15 is 0 Å². The van der Waals surface area contributed by atoms with Gasteiger partial charge in [-0.15, -0.1) is 17.0 Å². The Hall–Kier alpha value is -0.870. The van der Waals surface area contributed by atoms with Gasteiger partial charge in [0.1, 0.15) is 6.54 Å². The van der Waals surface area contributed by atoms with Crippen LogP contribution in [0.2, 0.25) is 0 Å². The van der Waals surface area contributed by atoms with Crippen molar-refractivity contribution in [1.82, 2.24) is 0 Å². The van der Waals surface area contributed by atoms with Gasteiger partial charge in [-0.2, -0.15) is 0 Å². The summed E-state index contributed by atoms with van der Waals surface area (Å²) in [6.45, 7) is 7.33. The number of fused-ring (bicyclic) bond motifs is 2. The van der Waals surface area contributed by atoms with Gasteiger partial charge in [0.25, 0.3) is 0 Å². The lowest BCUT2D eigenvalue weighted by molar-refractivity contribution is -0.960. The van der Waals surface area contributed by atoms with Crippen molar-refractivity contribution in [2.75, 3.05) is 7.05 Å². The maximum absolute atomic E-state index is 10.2. The second kappa shape index (κ2) is 11.2. The molecule has 2 fully saturated rings. The first-order chi connectivity index (χ1) is 12.4. The molecule has 4 heteroatoms. The number of benzene rings is 1. The van der Waals surface area contributed by atoms with Crippen molar-refractivity contribution in [3.63, 3.8) is 0 Å². The molecule has 27 heavy (non-hydrogen) atoms. The molecule has 2 saturated heterocycles. The summed E-state index contributed by atoms with van der Waals surface area (Å²) in [7, 11) is 2.49. The molecule has 3 unspecified atom stereocenters. The molecule has 0 aliphatic carbocycles. The Balaban J connectivity index is 0.000000292. The number of quaternary nitrogens is 1. The summed E-state index contributed by atoms with van der Waals surface area (Å²) < 4.78 is 1.32. The number of halogens is 1. The fraction of sp³-hybridized carbons (Fsp3) is 0.696. The van der Waals surface area contributed by atoms with Crippen molar-refractivity contribution in [3.05, 3.63) is 35.9 Å². The van der Waals surface area contributed by atoms with Crippen LogP contribution in [0, 0.1) is 11.8 Å². The van der Waals surface area contributed by atoms with Crippen LogP contribution in [-0.2, 0) is 11.3 Å². The van der Waals surface area contributed by atoms with Crippen LogP contribution in [0.3, 0.4) is 0 Å². The molecule has 2 aliphatic heterocycles. The highest BCUT2D eigenvalue weighted by atomic mass is 79.9. The predicted octanol–water partition coefficient (Wildman–Crippen LogP) is 4.73. The van der Waals surface area contributed by atoms with E-state index in [2.05, 4.69) is 37.4 Å². The van der Waals surface area contributed by atoms with Crippen LogP contribution in [0.4, 0.5) is 0 Å². The summed E-state index contributed by atoms with van der Waals surface area (Å²) in [5, 5.41) is 10.2. The number of aliphatic carboxylic acids is 1. The van der Waals surface area contributed by atoms with Crippen LogP contribution >= 0.6 is 17.0 Å². The second-order valence-electron chi connectivity index (χ2n) is 8.79. The minimum absolute atomic E-state index is 0. The minimum atomic E-state index is -0.930. The minimum Gasteiger partial charge on any atom is -0.550 e. The molecule has 0 radical (unpaired) electrons. The molecule has 0 saturated carbocycles. The molecule has 0 N–H and O–H groups in total. The Morgan fingerprint density at radius 1 is 1.11 bits per heavy atom. The van der Waals surface area contributed by atoms with Crippen LogP contribution in [0.25, 0.3) is 0 Å². The van der Waals surface area contributed by atoms with Gasteiger partial charge in [0.2, 0.25) is 0 Å². The van der Waals surface area contributed by atoms with Crippen LogP contribution in [-0.4, -0.2) is 29.6 Å². The van der Waals surface area contributed by atoms with Crippen molar-refractivity contribution in [1.29, 1.82) is 0 Å². The van der Waals surface area contributed by atoms with Crippen molar-refractivity contribution in [2.24, 2.45) is 11.8 Å². The summed E-state index contributed by atoms with van der Waals surface area (Å²) in [6, 6.07) is 12.9. The lowest BCUT2D eigenvalue weighted by Gasteiger charge is -2.44. The lowest BCUT2D eigenvalue weighted by Crippen LogP contribution is -2.54. The Labute approximate surface area is 176 Å². The van der Waals surface area contributed by atoms with E-state index in [1.165, 1.54) is 48.7 Å². The second-order valence-corrected chi connectivity index (χ2v) is 8.79. The number of piperidine rings is 1. The summed E-state index contributed by atoms with van der Waals surface area (Å²) >= 11 is 0. The Morgan fingerprint density at radius 3 is 2.07 bits per heavy atom. The molecular formula is C23H38BrNO2. The maximum Gasteiger partial charge on any atom is 0.105 e. The molecule has 1 aromatic rings. The topological polar surface area (TPSA) is 40.1 Å². The van der Waals surface area contributed by atoms with Crippen LogP contribution in [0.15, 0.2) is 30.3 Å². The van der Waals surface area contributed by atoms with E-state index in [1.54, 1.807) is 0 Å². The van der Waals surface area contributed by atoms with E-state index < -0.39 is 5.97 Å². The number of carbonyl (C=O) groups excluding carboxylic acids is 1. The number of nitrogens with zero attached hydrogens (tertiary/aromatic N) is 1. The summed E-state index contributed by atoms with van der Waals surface area (Å²) in [4.78, 5) is 10.2. The van der Waals surface area contributed by atoms with Gasteiger partial charge in [0, 0.05) is 24.4 Å². The first kappa shape index (κ1) is 24.2. The Morgan fingerprint density at radius 2 is 1.67 bits per heavy atom. The molecule has 3 nitrogen and oxygen atoms in total.